The molecule has 1 aromatic heterocycles. The zero-order valence-corrected chi connectivity index (χ0v) is 9.89. The van der Waals surface area contributed by atoms with Gasteiger partial charge in [-0.2, -0.15) is 5.26 Å². The number of hydrogen-bond donors (Lipinski definition) is 2. The highest BCUT2D eigenvalue weighted by atomic mass is 16.5. The number of nitrogens with two attached hydrogens (primary N) is 1. The van der Waals surface area contributed by atoms with Crippen molar-refractivity contribution in [2.24, 2.45) is 0 Å². The first-order chi connectivity index (χ1) is 8.79. The van der Waals surface area contributed by atoms with E-state index in [9.17, 15) is 0 Å². The summed E-state index contributed by atoms with van der Waals surface area (Å²) < 4.78 is 5.50. The average Bonchev–Trinajstić information content (AvgIpc) is 2.82. The summed E-state index contributed by atoms with van der Waals surface area (Å²) in [6.45, 7) is 0.556. The maximum atomic E-state index is 8.40. The molecule has 92 valence electrons. The summed E-state index contributed by atoms with van der Waals surface area (Å²) in [7, 11) is 0. The molecular formula is C13H14N4O. The Balaban J connectivity index is 1.95. The number of aromatic nitrogens is 2. The van der Waals surface area contributed by atoms with Gasteiger partial charge in [0, 0.05) is 18.2 Å². The van der Waals surface area contributed by atoms with Gasteiger partial charge in [-0.25, -0.2) is 4.98 Å². The minimum absolute atomic E-state index is 0.474. The smallest absolute Gasteiger partial charge is 0.142 e. The summed E-state index contributed by atoms with van der Waals surface area (Å²) in [4.78, 5) is 7.13. The van der Waals surface area contributed by atoms with Crippen LogP contribution < -0.4 is 10.5 Å². The Hall–Kier alpha value is -2.48. The number of nitriles is 1. The Kier molecular flexibility index (Phi) is 3.82. The van der Waals surface area contributed by atoms with E-state index < -0.39 is 0 Å². The number of anilines is 1. The van der Waals surface area contributed by atoms with Gasteiger partial charge in [0.2, 0.25) is 0 Å². The lowest BCUT2D eigenvalue weighted by molar-refractivity contribution is 0.313. The fourth-order valence-electron chi connectivity index (χ4n) is 1.53. The Bertz CT molecular complexity index is 539. The van der Waals surface area contributed by atoms with Gasteiger partial charge in [0.25, 0.3) is 0 Å². The summed E-state index contributed by atoms with van der Waals surface area (Å²) in [5, 5.41) is 8.40. The topological polar surface area (TPSA) is 87.7 Å². The van der Waals surface area contributed by atoms with Gasteiger partial charge < -0.3 is 15.5 Å². The lowest BCUT2D eigenvalue weighted by atomic mass is 10.2. The number of nitrogens with zero attached hydrogens (tertiary/aromatic N) is 2. The molecule has 3 N–H and O–H groups in total. The molecule has 1 heterocycles. The first-order valence-electron chi connectivity index (χ1n) is 5.70. The molecule has 0 saturated heterocycles. The van der Waals surface area contributed by atoms with Crippen LogP contribution in [-0.4, -0.2) is 16.6 Å². The number of H-pyrrole nitrogens is 1. The van der Waals surface area contributed by atoms with Crippen LogP contribution >= 0.6 is 0 Å². The molecule has 0 saturated carbocycles. The van der Waals surface area contributed by atoms with Gasteiger partial charge in [0.1, 0.15) is 17.4 Å². The summed E-state index contributed by atoms with van der Waals surface area (Å²) in [5.74, 6) is 2.00. The average molecular weight is 242 g/mol. The highest BCUT2D eigenvalue weighted by Gasteiger charge is 2.02. The van der Waals surface area contributed by atoms with Crippen molar-refractivity contribution < 1.29 is 4.74 Å². The van der Waals surface area contributed by atoms with Crippen molar-refractivity contribution >= 4 is 5.82 Å². The van der Waals surface area contributed by atoms with Gasteiger partial charge in [0.15, 0.2) is 0 Å². The third-order valence-electron chi connectivity index (χ3n) is 2.43. The van der Waals surface area contributed by atoms with Crippen molar-refractivity contribution in [2.75, 3.05) is 12.3 Å². The highest BCUT2D eigenvalue weighted by molar-refractivity contribution is 5.58. The van der Waals surface area contributed by atoms with Crippen LogP contribution in [0.4, 0.5) is 5.82 Å². The summed E-state index contributed by atoms with van der Waals surface area (Å²) in [6, 6.07) is 9.66. The molecule has 0 atom stereocenters. The van der Waals surface area contributed by atoms with Crippen LogP contribution in [0.2, 0.25) is 0 Å². The normalized spacial score (nSPS) is 9.94. The number of aromatic amines is 1. The molecule has 0 aliphatic carbocycles. The SMILES string of the molecule is N#CCCCOc1ccc(-c2nc(N)c[nH]2)cc1. The maximum absolute atomic E-state index is 8.40. The molecule has 18 heavy (non-hydrogen) atoms. The number of benzene rings is 1. The van der Waals surface area contributed by atoms with Crippen molar-refractivity contribution in [3.63, 3.8) is 0 Å². The van der Waals surface area contributed by atoms with E-state index >= 15 is 0 Å². The lowest BCUT2D eigenvalue weighted by Gasteiger charge is -2.05. The fraction of sp³-hybridized carbons (Fsp3) is 0.231. The van der Waals surface area contributed by atoms with Crippen molar-refractivity contribution in [3.8, 4) is 23.2 Å². The van der Waals surface area contributed by atoms with Crippen LogP contribution in [0, 0.1) is 11.3 Å². The van der Waals surface area contributed by atoms with Crippen molar-refractivity contribution in [1.82, 2.24) is 9.97 Å². The van der Waals surface area contributed by atoms with Crippen LogP contribution in [-0.2, 0) is 0 Å². The lowest BCUT2D eigenvalue weighted by Crippen LogP contribution is -1.96. The Labute approximate surface area is 105 Å². The predicted octanol–water partition coefficient (Wildman–Crippen LogP) is 2.34. The molecule has 1 aromatic carbocycles. The van der Waals surface area contributed by atoms with E-state index in [1.165, 1.54) is 0 Å². The molecule has 0 fully saturated rings. The second-order valence-corrected chi connectivity index (χ2v) is 3.81. The van der Waals surface area contributed by atoms with Crippen LogP contribution in [0.1, 0.15) is 12.8 Å². The van der Waals surface area contributed by atoms with Crippen molar-refractivity contribution in [2.45, 2.75) is 12.8 Å². The zero-order valence-electron chi connectivity index (χ0n) is 9.89. The molecule has 0 radical (unpaired) electrons. The van der Waals surface area contributed by atoms with Crippen LogP contribution in [0.3, 0.4) is 0 Å². The second kappa shape index (κ2) is 5.73. The Morgan fingerprint density at radius 1 is 1.33 bits per heavy atom. The number of hydrogen-bond acceptors (Lipinski definition) is 4. The monoisotopic (exact) mass is 242 g/mol. The summed E-state index contributed by atoms with van der Waals surface area (Å²) in [6.07, 6.45) is 2.92. The zero-order chi connectivity index (χ0) is 12.8. The molecule has 5 nitrogen and oxygen atoms in total. The third kappa shape index (κ3) is 3.01. The van der Waals surface area contributed by atoms with E-state index in [-0.39, 0.29) is 0 Å². The highest BCUT2D eigenvalue weighted by Crippen LogP contribution is 2.20. The number of unbranched alkanes of at least 4 members (excludes halogenated alkanes) is 1. The van der Waals surface area contributed by atoms with Crippen LogP contribution in [0.25, 0.3) is 11.4 Å². The molecule has 0 aliphatic rings. The van der Waals surface area contributed by atoms with Gasteiger partial charge in [-0.05, 0) is 30.7 Å². The molecule has 2 rings (SSSR count). The predicted molar refractivity (Wildman–Crippen MR) is 68.8 cm³/mol. The van der Waals surface area contributed by atoms with E-state index in [0.717, 1.165) is 23.6 Å². The molecule has 0 amide bonds. The van der Waals surface area contributed by atoms with Gasteiger partial charge in [-0.3, -0.25) is 0 Å². The van der Waals surface area contributed by atoms with Gasteiger partial charge in [-0.15, -0.1) is 0 Å². The number of nitrogens with one attached hydrogen (secondary N) is 1. The number of rotatable bonds is 5. The first-order valence-corrected chi connectivity index (χ1v) is 5.70. The van der Waals surface area contributed by atoms with Gasteiger partial charge in [-0.1, -0.05) is 0 Å². The van der Waals surface area contributed by atoms with Crippen LogP contribution in [0.5, 0.6) is 5.75 Å². The molecular weight excluding hydrogens is 228 g/mol. The quantitative estimate of drug-likeness (QED) is 0.788. The minimum Gasteiger partial charge on any atom is -0.494 e. The fourth-order valence-corrected chi connectivity index (χ4v) is 1.53. The van der Waals surface area contributed by atoms with Crippen molar-refractivity contribution in [3.05, 3.63) is 30.5 Å². The van der Waals surface area contributed by atoms with E-state index in [1.54, 1.807) is 6.20 Å². The molecule has 0 spiro atoms. The van der Waals surface area contributed by atoms with Gasteiger partial charge >= 0.3 is 0 Å². The number of imidazole rings is 1. The Morgan fingerprint density at radius 2 is 2.11 bits per heavy atom. The van der Waals surface area contributed by atoms with Crippen molar-refractivity contribution in [1.29, 1.82) is 5.26 Å². The molecule has 5 heteroatoms. The first kappa shape index (κ1) is 12.0. The largest absolute Gasteiger partial charge is 0.494 e. The van der Waals surface area contributed by atoms with E-state index in [1.807, 2.05) is 24.3 Å². The third-order valence-corrected chi connectivity index (χ3v) is 2.43. The minimum atomic E-state index is 0.474. The maximum Gasteiger partial charge on any atom is 0.142 e. The van der Waals surface area contributed by atoms with E-state index in [2.05, 4.69) is 16.0 Å². The van der Waals surface area contributed by atoms with Crippen LogP contribution in [0.15, 0.2) is 30.5 Å². The standard InChI is InChI=1S/C13H14N4O/c14-7-1-2-8-18-11-5-3-10(4-6-11)13-16-9-12(15)17-13/h3-6,9H,1-2,8,15H2,(H,16,17). The molecule has 0 aliphatic heterocycles. The van der Waals surface area contributed by atoms with E-state index in [0.29, 0.717) is 18.8 Å². The number of nitrogen functional groups attached to an aromatic ring is 1. The summed E-state index contributed by atoms with van der Waals surface area (Å²) >= 11 is 0. The molecule has 2 aromatic rings. The Morgan fingerprint density at radius 3 is 2.72 bits per heavy atom. The second-order valence-electron chi connectivity index (χ2n) is 3.81. The summed E-state index contributed by atoms with van der Waals surface area (Å²) in [5.41, 5.74) is 6.50. The van der Waals surface area contributed by atoms with Gasteiger partial charge in [0.05, 0.1) is 12.7 Å². The molecule has 0 unspecified atom stereocenters. The number of ether oxygens (including phenoxy) is 1. The van der Waals surface area contributed by atoms with E-state index in [4.69, 9.17) is 15.7 Å². The molecule has 0 bridgehead atoms.